The first-order chi connectivity index (χ1) is 17.0. The number of rotatable bonds is 10. The van der Waals surface area contributed by atoms with Crippen LogP contribution in [-0.4, -0.2) is 31.5 Å². The van der Waals surface area contributed by atoms with Gasteiger partial charge in [0.15, 0.2) is 5.71 Å². The number of ether oxygens (including phenoxy) is 1. The van der Waals surface area contributed by atoms with Gasteiger partial charge in [0.1, 0.15) is 19.5 Å². The highest BCUT2D eigenvalue weighted by Crippen LogP contribution is 2.19. The number of hydrogen-bond donors (Lipinski definition) is 1. The van der Waals surface area contributed by atoms with Crippen LogP contribution in [-0.2, 0) is 21.1 Å². The van der Waals surface area contributed by atoms with Crippen LogP contribution in [0.1, 0.15) is 29.2 Å². The summed E-state index contributed by atoms with van der Waals surface area (Å²) in [5.74, 6) is -0.0533. The Kier molecular flexibility index (Phi) is 9.13. The van der Waals surface area contributed by atoms with Gasteiger partial charge in [-0.05, 0) is 24.6 Å². The largest absolute Gasteiger partial charge is 0.432 e. The number of nitrogens with zero attached hydrogens (tertiary/aromatic N) is 2. The first-order valence-electron chi connectivity index (χ1n) is 10.8. The van der Waals surface area contributed by atoms with Crippen LogP contribution < -0.4 is 10.1 Å². The third-order valence-corrected chi connectivity index (χ3v) is 4.87. The SMILES string of the molecule is CNC(=O)/C(=N/OC)c1ccccc1CON=C(C)c1cccc(O/C(F)=C\c2ccccc2)c1. The number of carbonyl (C=O) groups excluding carboxylic acids is 1. The summed E-state index contributed by atoms with van der Waals surface area (Å²) in [5, 5.41) is 10.6. The zero-order valence-corrected chi connectivity index (χ0v) is 19.7. The van der Waals surface area contributed by atoms with Crippen molar-refractivity contribution in [2.45, 2.75) is 13.5 Å². The average Bonchev–Trinajstić information content (AvgIpc) is 2.88. The summed E-state index contributed by atoms with van der Waals surface area (Å²) >= 11 is 0. The van der Waals surface area contributed by atoms with Gasteiger partial charge in [-0.25, -0.2) is 0 Å². The molecule has 7 nitrogen and oxygen atoms in total. The molecule has 1 N–H and O–H groups in total. The number of hydrogen-bond acceptors (Lipinski definition) is 6. The number of benzene rings is 3. The summed E-state index contributed by atoms with van der Waals surface area (Å²) in [7, 11) is 2.89. The Labute approximate surface area is 203 Å². The Morgan fingerprint density at radius 3 is 2.49 bits per heavy atom. The Hall–Kier alpha value is -4.46. The van der Waals surface area contributed by atoms with E-state index in [1.165, 1.54) is 20.2 Å². The van der Waals surface area contributed by atoms with Crippen molar-refractivity contribution in [3.8, 4) is 5.75 Å². The van der Waals surface area contributed by atoms with E-state index in [-0.39, 0.29) is 18.2 Å². The quantitative estimate of drug-likeness (QED) is 0.252. The molecule has 0 aliphatic heterocycles. The Balaban J connectivity index is 1.70. The standard InChI is InChI=1S/C27H26FN3O4/c1-19(21-13-9-14-23(17-21)35-25(28)16-20-10-5-4-6-11-20)30-34-18-22-12-7-8-15-24(22)26(31-33-3)27(32)29-2/h4-17H,18H2,1-3H3,(H,29,32)/b25-16-,30-19?,31-26+. The number of oxime groups is 2. The summed E-state index contributed by atoms with van der Waals surface area (Å²) in [6.07, 6.45) is 1.31. The van der Waals surface area contributed by atoms with Gasteiger partial charge in [-0.15, -0.1) is 0 Å². The Morgan fingerprint density at radius 2 is 1.74 bits per heavy atom. The van der Waals surface area contributed by atoms with E-state index in [1.807, 2.05) is 36.4 Å². The average molecular weight is 476 g/mol. The van der Waals surface area contributed by atoms with E-state index >= 15 is 0 Å². The van der Waals surface area contributed by atoms with Crippen molar-refractivity contribution in [2.75, 3.05) is 14.2 Å². The van der Waals surface area contributed by atoms with Crippen LogP contribution in [0, 0.1) is 0 Å². The maximum atomic E-state index is 14.3. The molecule has 0 unspecified atom stereocenters. The maximum Gasteiger partial charge on any atom is 0.278 e. The topological polar surface area (TPSA) is 81.5 Å². The Morgan fingerprint density at radius 1 is 1.00 bits per heavy atom. The van der Waals surface area contributed by atoms with Gasteiger partial charge in [0.2, 0.25) is 0 Å². The van der Waals surface area contributed by atoms with Crippen LogP contribution >= 0.6 is 0 Å². The molecule has 8 heteroatoms. The predicted octanol–water partition coefficient (Wildman–Crippen LogP) is 5.07. The van der Waals surface area contributed by atoms with Crippen molar-refractivity contribution in [3.05, 3.63) is 107 Å². The first kappa shape index (κ1) is 25.2. The van der Waals surface area contributed by atoms with Crippen molar-refractivity contribution < 1.29 is 23.6 Å². The summed E-state index contributed by atoms with van der Waals surface area (Å²) < 4.78 is 19.6. The minimum absolute atomic E-state index is 0.0951. The minimum Gasteiger partial charge on any atom is -0.432 e. The number of likely N-dealkylation sites (N-methyl/N-ethyl adjacent to an activating group) is 1. The monoisotopic (exact) mass is 475 g/mol. The molecule has 0 spiro atoms. The molecule has 0 saturated heterocycles. The van der Waals surface area contributed by atoms with Gasteiger partial charge in [0.25, 0.3) is 11.9 Å². The van der Waals surface area contributed by atoms with E-state index in [0.29, 0.717) is 33.7 Å². The van der Waals surface area contributed by atoms with E-state index in [4.69, 9.17) is 14.4 Å². The zero-order valence-electron chi connectivity index (χ0n) is 19.7. The first-order valence-corrected chi connectivity index (χ1v) is 10.8. The van der Waals surface area contributed by atoms with Gasteiger partial charge < -0.3 is 19.7 Å². The summed E-state index contributed by atoms with van der Waals surface area (Å²) in [6, 6.07) is 22.4. The van der Waals surface area contributed by atoms with Gasteiger partial charge in [-0.3, -0.25) is 4.79 Å². The minimum atomic E-state index is -0.722. The molecule has 3 aromatic carbocycles. The van der Waals surface area contributed by atoms with Crippen molar-refractivity contribution in [2.24, 2.45) is 10.3 Å². The van der Waals surface area contributed by atoms with Gasteiger partial charge in [-0.2, -0.15) is 4.39 Å². The number of nitrogens with one attached hydrogen (secondary N) is 1. The molecule has 0 aromatic heterocycles. The van der Waals surface area contributed by atoms with E-state index in [2.05, 4.69) is 15.6 Å². The summed E-state index contributed by atoms with van der Waals surface area (Å²) in [4.78, 5) is 22.6. The summed E-state index contributed by atoms with van der Waals surface area (Å²) in [6.45, 7) is 1.86. The number of halogens is 1. The zero-order chi connectivity index (χ0) is 25.0. The van der Waals surface area contributed by atoms with Gasteiger partial charge in [0.05, 0.1) is 5.71 Å². The normalized spacial score (nSPS) is 12.2. The van der Waals surface area contributed by atoms with Crippen molar-refractivity contribution in [3.63, 3.8) is 0 Å². The predicted molar refractivity (Wildman–Crippen MR) is 134 cm³/mol. The second-order valence-corrected chi connectivity index (χ2v) is 7.30. The maximum absolute atomic E-state index is 14.3. The number of amides is 1. The van der Waals surface area contributed by atoms with Crippen molar-refractivity contribution in [1.82, 2.24) is 5.32 Å². The lowest BCUT2D eigenvalue weighted by molar-refractivity contribution is -0.114. The van der Waals surface area contributed by atoms with Crippen molar-refractivity contribution >= 4 is 23.4 Å². The lowest BCUT2D eigenvalue weighted by Gasteiger charge is -2.10. The van der Waals surface area contributed by atoms with E-state index < -0.39 is 6.01 Å². The van der Waals surface area contributed by atoms with Crippen molar-refractivity contribution in [1.29, 1.82) is 0 Å². The molecule has 0 aliphatic carbocycles. The van der Waals surface area contributed by atoms with E-state index in [0.717, 1.165) is 0 Å². The highest BCUT2D eigenvalue weighted by molar-refractivity contribution is 6.45. The molecule has 0 radical (unpaired) electrons. The van der Waals surface area contributed by atoms with Gasteiger partial charge in [0, 0.05) is 29.8 Å². The molecule has 35 heavy (non-hydrogen) atoms. The lowest BCUT2D eigenvalue weighted by atomic mass is 10.0. The molecule has 0 heterocycles. The van der Waals surface area contributed by atoms with Gasteiger partial charge in [-0.1, -0.05) is 77.0 Å². The fourth-order valence-corrected chi connectivity index (χ4v) is 3.16. The van der Waals surface area contributed by atoms with Crippen LogP contribution in [0.25, 0.3) is 6.08 Å². The fraction of sp³-hybridized carbons (Fsp3) is 0.148. The molecule has 3 aromatic rings. The highest BCUT2D eigenvalue weighted by Gasteiger charge is 2.17. The second-order valence-electron chi connectivity index (χ2n) is 7.30. The Bertz CT molecular complexity index is 1240. The van der Waals surface area contributed by atoms with Crippen LogP contribution in [0.15, 0.2) is 95.2 Å². The molecule has 0 fully saturated rings. The second kappa shape index (κ2) is 12.7. The van der Waals surface area contributed by atoms with Crippen LogP contribution in [0.4, 0.5) is 4.39 Å². The fourth-order valence-electron chi connectivity index (χ4n) is 3.16. The summed E-state index contributed by atoms with van der Waals surface area (Å²) in [5.41, 5.74) is 3.37. The molecule has 0 bridgehead atoms. The molecule has 0 saturated carbocycles. The molecule has 0 atom stereocenters. The van der Waals surface area contributed by atoms with Crippen LogP contribution in [0.2, 0.25) is 0 Å². The van der Waals surface area contributed by atoms with Gasteiger partial charge >= 0.3 is 0 Å². The third-order valence-electron chi connectivity index (χ3n) is 4.87. The third kappa shape index (κ3) is 7.26. The van der Waals surface area contributed by atoms with Crippen LogP contribution in [0.5, 0.6) is 5.75 Å². The molecular weight excluding hydrogens is 449 g/mol. The van der Waals surface area contributed by atoms with E-state index in [9.17, 15) is 9.18 Å². The molecule has 180 valence electrons. The lowest BCUT2D eigenvalue weighted by Crippen LogP contribution is -2.29. The molecular formula is C27H26FN3O4. The number of carbonyl (C=O) groups is 1. The smallest absolute Gasteiger partial charge is 0.278 e. The highest BCUT2D eigenvalue weighted by atomic mass is 19.1. The van der Waals surface area contributed by atoms with E-state index in [1.54, 1.807) is 49.4 Å². The molecule has 3 rings (SSSR count). The van der Waals surface area contributed by atoms with Crippen LogP contribution in [0.3, 0.4) is 0 Å². The molecule has 1 amide bonds. The molecule has 0 aliphatic rings.